The molecule has 1 nitrogen and oxygen atoms in total. The standard InChI is InChI=1S/C11H11N.C2H6/c1-8-3-4-10-7-12-6-9(2)11(10)5-8;1-2/h3-7H,1-2H3;1-2H3. The van der Waals surface area contributed by atoms with E-state index in [-0.39, 0.29) is 0 Å². The number of hydrogen-bond donors (Lipinski definition) is 0. The topological polar surface area (TPSA) is 12.9 Å². The van der Waals surface area contributed by atoms with Gasteiger partial charge in [-0.25, -0.2) is 0 Å². The van der Waals surface area contributed by atoms with Gasteiger partial charge in [0.15, 0.2) is 0 Å². The van der Waals surface area contributed by atoms with Crippen LogP contribution in [0.25, 0.3) is 10.8 Å². The number of nitrogens with zero attached hydrogens (tertiary/aromatic N) is 1. The molecule has 2 rings (SSSR count). The zero-order valence-corrected chi connectivity index (χ0v) is 9.33. The molecule has 1 aromatic heterocycles. The minimum Gasteiger partial charge on any atom is -0.264 e. The van der Waals surface area contributed by atoms with E-state index in [9.17, 15) is 0 Å². The quantitative estimate of drug-likeness (QED) is 0.610. The summed E-state index contributed by atoms with van der Waals surface area (Å²) in [6.07, 6.45) is 3.81. The molecule has 0 radical (unpaired) electrons. The van der Waals surface area contributed by atoms with Crippen molar-refractivity contribution in [2.45, 2.75) is 27.7 Å². The Hall–Kier alpha value is -1.37. The van der Waals surface area contributed by atoms with E-state index in [2.05, 4.69) is 37.0 Å². The minimum atomic E-state index is 1.22. The van der Waals surface area contributed by atoms with Crippen LogP contribution in [0.5, 0.6) is 0 Å². The van der Waals surface area contributed by atoms with Gasteiger partial charge in [-0.3, -0.25) is 4.98 Å². The van der Waals surface area contributed by atoms with E-state index in [1.165, 1.54) is 21.9 Å². The molecule has 0 aliphatic carbocycles. The van der Waals surface area contributed by atoms with E-state index in [4.69, 9.17) is 0 Å². The van der Waals surface area contributed by atoms with Crippen LogP contribution < -0.4 is 0 Å². The Morgan fingerprint density at radius 2 is 1.71 bits per heavy atom. The van der Waals surface area contributed by atoms with Crippen molar-refractivity contribution in [2.75, 3.05) is 0 Å². The maximum absolute atomic E-state index is 4.14. The van der Waals surface area contributed by atoms with Crippen LogP contribution in [-0.2, 0) is 0 Å². The van der Waals surface area contributed by atoms with Gasteiger partial charge in [-0.2, -0.15) is 0 Å². The van der Waals surface area contributed by atoms with Crippen molar-refractivity contribution in [3.8, 4) is 0 Å². The molecule has 74 valence electrons. The van der Waals surface area contributed by atoms with Gasteiger partial charge in [-0.1, -0.05) is 37.6 Å². The molecule has 0 fully saturated rings. The van der Waals surface area contributed by atoms with Crippen LogP contribution in [0.3, 0.4) is 0 Å². The van der Waals surface area contributed by atoms with Gasteiger partial charge in [-0.05, 0) is 24.8 Å². The summed E-state index contributed by atoms with van der Waals surface area (Å²) in [5, 5.41) is 2.53. The van der Waals surface area contributed by atoms with Gasteiger partial charge >= 0.3 is 0 Å². The second-order valence-electron chi connectivity index (χ2n) is 3.18. The van der Waals surface area contributed by atoms with Crippen molar-refractivity contribution >= 4 is 10.8 Å². The number of pyridine rings is 1. The second-order valence-corrected chi connectivity index (χ2v) is 3.18. The first kappa shape index (κ1) is 10.7. The van der Waals surface area contributed by atoms with Crippen molar-refractivity contribution in [3.63, 3.8) is 0 Å². The van der Waals surface area contributed by atoms with Gasteiger partial charge in [0.1, 0.15) is 0 Å². The molecule has 0 saturated carbocycles. The third kappa shape index (κ3) is 2.11. The molecule has 0 aliphatic rings. The number of benzene rings is 1. The molecular formula is C13H17N. The molecule has 2 aromatic rings. The van der Waals surface area contributed by atoms with Crippen LogP contribution in [0.4, 0.5) is 0 Å². The molecule has 0 aliphatic heterocycles. The predicted octanol–water partition coefficient (Wildman–Crippen LogP) is 3.88. The number of aryl methyl sites for hydroxylation is 2. The molecule has 0 unspecified atom stereocenters. The van der Waals surface area contributed by atoms with E-state index in [1.807, 2.05) is 26.2 Å². The van der Waals surface area contributed by atoms with Gasteiger partial charge in [-0.15, -0.1) is 0 Å². The Labute approximate surface area is 85.8 Å². The molecular weight excluding hydrogens is 170 g/mol. The highest BCUT2D eigenvalue weighted by Crippen LogP contribution is 2.17. The van der Waals surface area contributed by atoms with Crippen LogP contribution in [0.2, 0.25) is 0 Å². The molecule has 0 spiro atoms. The zero-order valence-electron chi connectivity index (χ0n) is 9.33. The lowest BCUT2D eigenvalue weighted by atomic mass is 10.1. The number of fused-ring (bicyclic) bond motifs is 1. The number of rotatable bonds is 0. The summed E-state index contributed by atoms with van der Waals surface area (Å²) in [4.78, 5) is 4.14. The highest BCUT2D eigenvalue weighted by atomic mass is 14.6. The molecule has 1 aromatic carbocycles. The first-order chi connectivity index (χ1) is 6.77. The largest absolute Gasteiger partial charge is 0.264 e. The van der Waals surface area contributed by atoms with E-state index >= 15 is 0 Å². The fraction of sp³-hybridized carbons (Fsp3) is 0.308. The molecule has 0 amide bonds. The first-order valence-electron chi connectivity index (χ1n) is 5.08. The third-order valence-corrected chi connectivity index (χ3v) is 2.12. The van der Waals surface area contributed by atoms with Gasteiger partial charge in [0.05, 0.1) is 0 Å². The van der Waals surface area contributed by atoms with Crippen LogP contribution in [0.1, 0.15) is 25.0 Å². The Balaban J connectivity index is 0.000000461. The Bertz CT molecular complexity index is 419. The fourth-order valence-electron chi connectivity index (χ4n) is 1.42. The summed E-state index contributed by atoms with van der Waals surface area (Å²) < 4.78 is 0. The monoisotopic (exact) mass is 187 g/mol. The summed E-state index contributed by atoms with van der Waals surface area (Å²) in [6, 6.07) is 6.43. The lowest BCUT2D eigenvalue weighted by Crippen LogP contribution is -1.81. The number of aromatic nitrogens is 1. The Morgan fingerprint density at radius 1 is 1.00 bits per heavy atom. The van der Waals surface area contributed by atoms with E-state index in [1.54, 1.807) is 0 Å². The SMILES string of the molecule is CC.Cc1ccc2cncc(C)c2c1. The molecule has 14 heavy (non-hydrogen) atoms. The molecule has 0 bridgehead atoms. The van der Waals surface area contributed by atoms with Crippen LogP contribution in [0.15, 0.2) is 30.6 Å². The van der Waals surface area contributed by atoms with Gasteiger partial charge in [0.2, 0.25) is 0 Å². The van der Waals surface area contributed by atoms with E-state index < -0.39 is 0 Å². The summed E-state index contributed by atoms with van der Waals surface area (Å²) in [7, 11) is 0. The van der Waals surface area contributed by atoms with Crippen LogP contribution in [0, 0.1) is 13.8 Å². The molecule has 0 atom stereocenters. The van der Waals surface area contributed by atoms with Crippen molar-refractivity contribution in [2.24, 2.45) is 0 Å². The van der Waals surface area contributed by atoms with Crippen molar-refractivity contribution in [3.05, 3.63) is 41.7 Å². The lowest BCUT2D eigenvalue weighted by molar-refractivity contribution is 1.30. The van der Waals surface area contributed by atoms with E-state index in [0.717, 1.165) is 0 Å². The summed E-state index contributed by atoms with van der Waals surface area (Å²) in [6.45, 7) is 8.20. The van der Waals surface area contributed by atoms with Gasteiger partial charge < -0.3 is 0 Å². The van der Waals surface area contributed by atoms with Gasteiger partial charge in [0, 0.05) is 17.8 Å². The maximum Gasteiger partial charge on any atom is 0.0346 e. The zero-order chi connectivity index (χ0) is 10.6. The predicted molar refractivity (Wildman–Crippen MR) is 62.6 cm³/mol. The highest BCUT2D eigenvalue weighted by molar-refractivity contribution is 5.85. The summed E-state index contributed by atoms with van der Waals surface area (Å²) >= 11 is 0. The second kappa shape index (κ2) is 4.75. The molecule has 0 N–H and O–H groups in total. The highest BCUT2D eigenvalue weighted by Gasteiger charge is 1.95. The third-order valence-electron chi connectivity index (χ3n) is 2.12. The Kier molecular flexibility index (Phi) is 3.63. The van der Waals surface area contributed by atoms with E-state index in [0.29, 0.717) is 0 Å². The van der Waals surface area contributed by atoms with Crippen molar-refractivity contribution in [1.29, 1.82) is 0 Å². The Morgan fingerprint density at radius 3 is 2.43 bits per heavy atom. The summed E-state index contributed by atoms with van der Waals surface area (Å²) in [5.41, 5.74) is 2.55. The number of hydrogen-bond acceptors (Lipinski definition) is 1. The average Bonchev–Trinajstić information content (AvgIpc) is 2.22. The lowest BCUT2D eigenvalue weighted by Gasteiger charge is -2.01. The summed E-state index contributed by atoms with van der Waals surface area (Å²) in [5.74, 6) is 0. The molecule has 1 heterocycles. The molecule has 0 saturated heterocycles. The normalized spacial score (nSPS) is 9.43. The van der Waals surface area contributed by atoms with Crippen LogP contribution >= 0.6 is 0 Å². The maximum atomic E-state index is 4.14. The van der Waals surface area contributed by atoms with Gasteiger partial charge in [0.25, 0.3) is 0 Å². The smallest absolute Gasteiger partial charge is 0.0346 e. The van der Waals surface area contributed by atoms with Crippen molar-refractivity contribution < 1.29 is 0 Å². The van der Waals surface area contributed by atoms with Crippen molar-refractivity contribution in [1.82, 2.24) is 4.98 Å². The minimum absolute atomic E-state index is 1.22. The fourth-order valence-corrected chi connectivity index (χ4v) is 1.42. The average molecular weight is 187 g/mol. The first-order valence-corrected chi connectivity index (χ1v) is 5.08. The van der Waals surface area contributed by atoms with Crippen LogP contribution in [-0.4, -0.2) is 4.98 Å². The molecule has 1 heteroatoms.